The van der Waals surface area contributed by atoms with E-state index in [1.54, 1.807) is 0 Å². The molecule has 0 spiro atoms. The van der Waals surface area contributed by atoms with Crippen LogP contribution in [0, 0.1) is 0 Å². The van der Waals surface area contributed by atoms with E-state index < -0.39 is 0 Å². The van der Waals surface area contributed by atoms with E-state index in [4.69, 9.17) is 0 Å². The lowest BCUT2D eigenvalue weighted by molar-refractivity contribution is -0.122. The summed E-state index contributed by atoms with van der Waals surface area (Å²) < 4.78 is 0. The summed E-state index contributed by atoms with van der Waals surface area (Å²) in [4.78, 5) is 30.5. The van der Waals surface area contributed by atoms with Crippen LogP contribution in [0.5, 0.6) is 0 Å². The molecule has 0 rings (SSSR count). The highest BCUT2D eigenvalue weighted by Gasteiger charge is 1.98. The molecule has 0 saturated carbocycles. The zero-order chi connectivity index (χ0) is 9.23. The van der Waals surface area contributed by atoms with Gasteiger partial charge in [0.05, 0.1) is 6.54 Å². The minimum Gasteiger partial charge on any atom is -0.349 e. The molecule has 0 aliphatic heterocycles. The van der Waals surface area contributed by atoms with Crippen molar-refractivity contribution in [1.82, 2.24) is 5.32 Å². The molecule has 0 heterocycles. The van der Waals surface area contributed by atoms with Crippen LogP contribution in [0.3, 0.4) is 0 Å². The number of aldehydes is 2. The summed E-state index contributed by atoms with van der Waals surface area (Å²) in [6, 6.07) is 0. The van der Waals surface area contributed by atoms with Crippen LogP contribution in [0.2, 0.25) is 0 Å². The molecular formula is C8H13NO3. The third-order valence-corrected chi connectivity index (χ3v) is 1.36. The van der Waals surface area contributed by atoms with E-state index in [1.165, 1.54) is 0 Å². The third-order valence-electron chi connectivity index (χ3n) is 1.36. The predicted molar refractivity (Wildman–Crippen MR) is 43.6 cm³/mol. The van der Waals surface area contributed by atoms with Crippen molar-refractivity contribution in [1.29, 1.82) is 0 Å². The molecule has 4 heteroatoms. The van der Waals surface area contributed by atoms with E-state index in [2.05, 4.69) is 5.32 Å². The average molecular weight is 171 g/mol. The van der Waals surface area contributed by atoms with Crippen molar-refractivity contribution >= 4 is 18.5 Å². The number of rotatable bonds is 7. The molecule has 0 fully saturated rings. The van der Waals surface area contributed by atoms with Gasteiger partial charge < -0.3 is 14.9 Å². The second-order valence-electron chi connectivity index (χ2n) is 2.38. The van der Waals surface area contributed by atoms with Gasteiger partial charge >= 0.3 is 0 Å². The minimum atomic E-state index is -0.131. The highest BCUT2D eigenvalue weighted by atomic mass is 16.2. The number of carbonyl (C=O) groups is 3. The van der Waals surface area contributed by atoms with Gasteiger partial charge in [0.15, 0.2) is 0 Å². The maximum Gasteiger partial charge on any atom is 0.220 e. The van der Waals surface area contributed by atoms with E-state index in [0.29, 0.717) is 25.5 Å². The van der Waals surface area contributed by atoms with Gasteiger partial charge in [-0.15, -0.1) is 0 Å². The van der Waals surface area contributed by atoms with Gasteiger partial charge in [-0.1, -0.05) is 0 Å². The Balaban J connectivity index is 3.19. The number of carbonyl (C=O) groups excluding carboxylic acids is 3. The lowest BCUT2D eigenvalue weighted by Crippen LogP contribution is -2.24. The Bertz CT molecular complexity index is 156. The summed E-state index contributed by atoms with van der Waals surface area (Å²) in [7, 11) is 0. The van der Waals surface area contributed by atoms with Gasteiger partial charge in [0.2, 0.25) is 5.91 Å². The SMILES string of the molecule is O=CCCCCC(=O)NCC=O. The van der Waals surface area contributed by atoms with Crippen molar-refractivity contribution in [3.63, 3.8) is 0 Å². The second kappa shape index (κ2) is 7.91. The quantitative estimate of drug-likeness (QED) is 0.435. The molecule has 0 aromatic carbocycles. The molecule has 0 aromatic heterocycles. The largest absolute Gasteiger partial charge is 0.349 e. The van der Waals surface area contributed by atoms with E-state index >= 15 is 0 Å². The van der Waals surface area contributed by atoms with Crippen LogP contribution >= 0.6 is 0 Å². The summed E-state index contributed by atoms with van der Waals surface area (Å²) in [5.74, 6) is -0.131. The zero-order valence-corrected chi connectivity index (χ0v) is 6.91. The van der Waals surface area contributed by atoms with Crippen molar-refractivity contribution < 1.29 is 14.4 Å². The Kier molecular flexibility index (Phi) is 7.13. The highest BCUT2D eigenvalue weighted by molar-refractivity contribution is 5.78. The minimum absolute atomic E-state index is 0.0759. The topological polar surface area (TPSA) is 63.2 Å². The van der Waals surface area contributed by atoms with E-state index in [9.17, 15) is 14.4 Å². The van der Waals surface area contributed by atoms with Gasteiger partial charge in [0.1, 0.15) is 12.6 Å². The van der Waals surface area contributed by atoms with E-state index in [0.717, 1.165) is 12.7 Å². The molecule has 1 amide bonds. The molecule has 0 saturated heterocycles. The molecular weight excluding hydrogens is 158 g/mol. The fourth-order valence-corrected chi connectivity index (χ4v) is 0.757. The van der Waals surface area contributed by atoms with Gasteiger partial charge in [-0.2, -0.15) is 0 Å². The highest BCUT2D eigenvalue weighted by Crippen LogP contribution is 1.96. The molecule has 0 radical (unpaired) electrons. The molecule has 0 aliphatic rings. The summed E-state index contributed by atoms with van der Waals surface area (Å²) >= 11 is 0. The number of hydrogen-bond acceptors (Lipinski definition) is 3. The maximum atomic E-state index is 10.8. The zero-order valence-electron chi connectivity index (χ0n) is 6.91. The molecule has 0 unspecified atom stereocenters. The molecule has 0 aliphatic carbocycles. The van der Waals surface area contributed by atoms with Gasteiger partial charge in [0, 0.05) is 12.8 Å². The standard InChI is InChI=1S/C8H13NO3/c10-6-3-1-2-4-8(12)9-5-7-11/h6-7H,1-5H2,(H,9,12). The normalized spacial score (nSPS) is 9.00. The molecule has 68 valence electrons. The van der Waals surface area contributed by atoms with E-state index in [-0.39, 0.29) is 12.5 Å². The number of unbranched alkanes of at least 4 members (excludes halogenated alkanes) is 2. The van der Waals surface area contributed by atoms with Crippen molar-refractivity contribution in [3.05, 3.63) is 0 Å². The molecule has 0 bridgehead atoms. The van der Waals surface area contributed by atoms with Crippen LogP contribution in [0.1, 0.15) is 25.7 Å². The van der Waals surface area contributed by atoms with Crippen molar-refractivity contribution in [2.75, 3.05) is 6.54 Å². The van der Waals surface area contributed by atoms with Gasteiger partial charge in [-0.05, 0) is 12.8 Å². The summed E-state index contributed by atoms with van der Waals surface area (Å²) in [5, 5.41) is 2.41. The first-order valence-electron chi connectivity index (χ1n) is 3.95. The molecule has 0 aromatic rings. The maximum absolute atomic E-state index is 10.8. The Morgan fingerprint density at radius 3 is 2.50 bits per heavy atom. The second-order valence-corrected chi connectivity index (χ2v) is 2.38. The van der Waals surface area contributed by atoms with Crippen LogP contribution in [0.15, 0.2) is 0 Å². The van der Waals surface area contributed by atoms with Crippen LogP contribution in [0.25, 0.3) is 0 Å². The molecule has 1 N–H and O–H groups in total. The smallest absolute Gasteiger partial charge is 0.220 e. The van der Waals surface area contributed by atoms with Crippen molar-refractivity contribution in [3.8, 4) is 0 Å². The first-order chi connectivity index (χ1) is 5.81. The fraction of sp³-hybridized carbons (Fsp3) is 0.625. The fourth-order valence-electron chi connectivity index (χ4n) is 0.757. The van der Waals surface area contributed by atoms with Crippen LogP contribution < -0.4 is 5.32 Å². The first kappa shape index (κ1) is 10.8. The van der Waals surface area contributed by atoms with Crippen LogP contribution in [0.4, 0.5) is 0 Å². The number of amides is 1. The van der Waals surface area contributed by atoms with Crippen molar-refractivity contribution in [2.45, 2.75) is 25.7 Å². The first-order valence-corrected chi connectivity index (χ1v) is 3.95. The molecule has 4 nitrogen and oxygen atoms in total. The number of nitrogens with one attached hydrogen (secondary N) is 1. The monoisotopic (exact) mass is 171 g/mol. The summed E-state index contributed by atoms with van der Waals surface area (Å²) in [5.41, 5.74) is 0. The third kappa shape index (κ3) is 6.92. The Hall–Kier alpha value is -1.19. The van der Waals surface area contributed by atoms with Crippen LogP contribution in [-0.2, 0) is 14.4 Å². The van der Waals surface area contributed by atoms with E-state index in [1.807, 2.05) is 0 Å². The molecule has 0 atom stereocenters. The van der Waals surface area contributed by atoms with Gasteiger partial charge in [-0.3, -0.25) is 4.79 Å². The van der Waals surface area contributed by atoms with Gasteiger partial charge in [0.25, 0.3) is 0 Å². The Morgan fingerprint density at radius 2 is 1.92 bits per heavy atom. The lowest BCUT2D eigenvalue weighted by Gasteiger charge is -1.98. The van der Waals surface area contributed by atoms with Gasteiger partial charge in [-0.25, -0.2) is 0 Å². The molecule has 12 heavy (non-hydrogen) atoms. The predicted octanol–water partition coefficient (Wildman–Crippen LogP) is 0.0608. The Labute approximate surface area is 71.3 Å². The summed E-state index contributed by atoms with van der Waals surface area (Å²) in [6.07, 6.45) is 3.80. The lowest BCUT2D eigenvalue weighted by atomic mass is 10.2. The van der Waals surface area contributed by atoms with Crippen molar-refractivity contribution in [2.24, 2.45) is 0 Å². The number of hydrogen-bond donors (Lipinski definition) is 1. The summed E-state index contributed by atoms with van der Waals surface area (Å²) in [6.45, 7) is 0.0759. The average Bonchev–Trinajstić information content (AvgIpc) is 2.09. The Morgan fingerprint density at radius 1 is 1.17 bits per heavy atom. The van der Waals surface area contributed by atoms with Crippen LogP contribution in [-0.4, -0.2) is 25.0 Å².